The van der Waals surface area contributed by atoms with Crippen molar-refractivity contribution < 1.29 is 13.2 Å². The van der Waals surface area contributed by atoms with Crippen LogP contribution >= 0.6 is 0 Å². The molecule has 5 heteroatoms. The first kappa shape index (κ1) is 19.9. The van der Waals surface area contributed by atoms with Crippen LogP contribution in [0.5, 0.6) is 0 Å². The lowest BCUT2D eigenvalue weighted by Gasteiger charge is -2.22. The molecule has 0 aromatic carbocycles. The average molecular weight is 338 g/mol. The van der Waals surface area contributed by atoms with Crippen molar-refractivity contribution >= 4 is 0 Å². The van der Waals surface area contributed by atoms with Crippen molar-refractivity contribution in [2.24, 2.45) is 0 Å². The molecule has 0 aromatic rings. The average Bonchev–Trinajstić information content (AvgIpc) is 2.51. The molecule has 0 unspecified atom stereocenters. The molecule has 1 aliphatic rings. The number of hydrogen-bond acceptors (Lipinski definition) is 2. The summed E-state index contributed by atoms with van der Waals surface area (Å²) in [6, 6.07) is 0. The highest BCUT2D eigenvalue weighted by atomic mass is 19.4. The molecule has 2 nitrogen and oxygen atoms in total. The zero-order valence-electron chi connectivity index (χ0n) is 14.1. The Balaban J connectivity index is 2.70. The Morgan fingerprint density at radius 2 is 2.08 bits per heavy atom. The molecule has 0 radical (unpaired) electrons. The molecule has 1 rings (SSSR count). The van der Waals surface area contributed by atoms with Gasteiger partial charge in [0.2, 0.25) is 0 Å². The summed E-state index contributed by atoms with van der Waals surface area (Å²) >= 11 is 0. The minimum atomic E-state index is -4.26. The maximum atomic E-state index is 12.8. The van der Waals surface area contributed by atoms with Crippen LogP contribution in [-0.4, -0.2) is 17.6 Å². The third-order valence-corrected chi connectivity index (χ3v) is 3.53. The predicted octanol–water partition coefficient (Wildman–Crippen LogP) is 5.57. The van der Waals surface area contributed by atoms with Gasteiger partial charge in [0, 0.05) is 29.7 Å². The molecule has 0 heterocycles. The largest absolute Gasteiger partial charge is 0.412 e. The van der Waals surface area contributed by atoms with Gasteiger partial charge in [-0.15, -0.1) is 6.58 Å². The molecule has 0 aromatic heterocycles. The fraction of sp³-hybridized carbons (Fsp3) is 0.368. The second-order valence-electron chi connectivity index (χ2n) is 5.71. The van der Waals surface area contributed by atoms with Crippen molar-refractivity contribution in [3.8, 4) is 0 Å². The fourth-order valence-corrected chi connectivity index (χ4v) is 2.37. The van der Waals surface area contributed by atoms with E-state index in [4.69, 9.17) is 0 Å². The minimum Gasteiger partial charge on any atom is -0.362 e. The van der Waals surface area contributed by atoms with E-state index in [1.165, 1.54) is 6.08 Å². The molecule has 0 saturated carbocycles. The Hall–Kier alpha value is -2.17. The molecule has 132 valence electrons. The van der Waals surface area contributed by atoms with E-state index in [9.17, 15) is 13.2 Å². The number of nitrogens with zero attached hydrogens (tertiary/aromatic N) is 1. The van der Waals surface area contributed by atoms with Crippen LogP contribution in [0.3, 0.4) is 0 Å². The highest BCUT2D eigenvalue weighted by Gasteiger charge is 2.33. The smallest absolute Gasteiger partial charge is 0.362 e. The molecule has 0 bridgehead atoms. The molecule has 0 saturated heterocycles. The van der Waals surface area contributed by atoms with Gasteiger partial charge in [0.05, 0.1) is 0 Å². The van der Waals surface area contributed by atoms with E-state index in [-0.39, 0.29) is 6.42 Å². The van der Waals surface area contributed by atoms with Gasteiger partial charge in [0.15, 0.2) is 0 Å². The Kier molecular flexibility index (Phi) is 7.62. The topological polar surface area (TPSA) is 15.3 Å². The van der Waals surface area contributed by atoms with Crippen LogP contribution in [0.4, 0.5) is 13.2 Å². The Labute approximate surface area is 142 Å². The van der Waals surface area contributed by atoms with E-state index < -0.39 is 11.7 Å². The van der Waals surface area contributed by atoms with E-state index in [0.717, 1.165) is 24.2 Å². The maximum Gasteiger partial charge on any atom is 0.412 e. The highest BCUT2D eigenvalue weighted by molar-refractivity contribution is 5.32. The Bertz CT molecular complexity index is 566. The number of allylic oxidation sites excluding steroid dienone is 5. The van der Waals surface area contributed by atoms with Crippen molar-refractivity contribution in [2.75, 3.05) is 6.54 Å². The van der Waals surface area contributed by atoms with Crippen molar-refractivity contribution in [1.82, 2.24) is 10.2 Å². The van der Waals surface area contributed by atoms with Crippen molar-refractivity contribution in [3.63, 3.8) is 0 Å². The summed E-state index contributed by atoms with van der Waals surface area (Å²) in [5, 5.41) is 3.16. The predicted molar refractivity (Wildman–Crippen MR) is 93.8 cm³/mol. The quantitative estimate of drug-likeness (QED) is 0.553. The first-order valence-corrected chi connectivity index (χ1v) is 7.85. The van der Waals surface area contributed by atoms with Crippen LogP contribution in [-0.2, 0) is 0 Å². The van der Waals surface area contributed by atoms with Crippen molar-refractivity contribution in [3.05, 3.63) is 72.9 Å². The zero-order chi connectivity index (χ0) is 18.2. The van der Waals surface area contributed by atoms with Crippen LogP contribution in [0.25, 0.3) is 0 Å². The number of halogens is 3. The Morgan fingerprint density at radius 3 is 2.67 bits per heavy atom. The van der Waals surface area contributed by atoms with Gasteiger partial charge in [-0.3, -0.25) is 0 Å². The second-order valence-corrected chi connectivity index (χ2v) is 5.71. The van der Waals surface area contributed by atoms with Gasteiger partial charge in [-0.2, -0.15) is 13.2 Å². The molecule has 0 amide bonds. The zero-order valence-corrected chi connectivity index (χ0v) is 14.1. The van der Waals surface area contributed by atoms with E-state index in [2.05, 4.69) is 25.1 Å². The summed E-state index contributed by atoms with van der Waals surface area (Å²) in [5.41, 5.74) is 1.88. The van der Waals surface area contributed by atoms with Crippen molar-refractivity contribution in [1.29, 1.82) is 0 Å². The Morgan fingerprint density at radius 1 is 1.38 bits per heavy atom. The fourth-order valence-electron chi connectivity index (χ4n) is 2.37. The molecule has 0 atom stereocenters. The molecular weight excluding hydrogens is 313 g/mol. The van der Waals surface area contributed by atoms with Crippen molar-refractivity contribution in [2.45, 2.75) is 38.8 Å². The van der Waals surface area contributed by atoms with Gasteiger partial charge < -0.3 is 10.2 Å². The van der Waals surface area contributed by atoms with E-state index in [1.54, 1.807) is 11.1 Å². The highest BCUT2D eigenvalue weighted by Crippen LogP contribution is 2.32. The van der Waals surface area contributed by atoms with Gasteiger partial charge in [-0.05, 0) is 50.5 Å². The number of rotatable bonds is 9. The molecule has 1 N–H and O–H groups in total. The standard InChI is InChI=1S/C19H25F3N2/c1-5-7-9-15(3)23-16(4)13-24(6-2)14-17-10-8-11-18(12-17)19(20,21)22/h5-6,10,12-13,23H,1-3,7-9,11,14H2,4H3/b16-13+. The third-order valence-electron chi connectivity index (χ3n) is 3.53. The van der Waals surface area contributed by atoms with Gasteiger partial charge in [0.25, 0.3) is 0 Å². The SMILES string of the molecule is C=CCCC(=C)N/C(C)=C/N(C=C)CC1=CCCC(C(F)(F)F)=C1. The lowest BCUT2D eigenvalue weighted by molar-refractivity contribution is -0.0941. The second kappa shape index (κ2) is 9.21. The number of hydrogen-bond donors (Lipinski definition) is 1. The first-order valence-electron chi connectivity index (χ1n) is 7.85. The van der Waals surface area contributed by atoms with Gasteiger partial charge in [0.1, 0.15) is 0 Å². The molecule has 1 aliphatic carbocycles. The lowest BCUT2D eigenvalue weighted by Crippen LogP contribution is -2.20. The van der Waals surface area contributed by atoms with Crippen LogP contribution in [0, 0.1) is 0 Å². The lowest BCUT2D eigenvalue weighted by atomic mass is 9.99. The molecule has 0 spiro atoms. The summed E-state index contributed by atoms with van der Waals surface area (Å²) < 4.78 is 38.5. The molecule has 0 fully saturated rings. The summed E-state index contributed by atoms with van der Waals surface area (Å²) in [7, 11) is 0. The summed E-state index contributed by atoms with van der Waals surface area (Å²) in [4.78, 5) is 1.75. The summed E-state index contributed by atoms with van der Waals surface area (Å²) in [5.74, 6) is 0. The van der Waals surface area contributed by atoms with Crippen LogP contribution < -0.4 is 5.32 Å². The van der Waals surface area contributed by atoms with E-state index in [0.29, 0.717) is 18.5 Å². The maximum absolute atomic E-state index is 12.8. The number of alkyl halides is 3. The molecular formula is C19H25F3N2. The van der Waals surface area contributed by atoms with Crippen LogP contribution in [0.1, 0.15) is 32.6 Å². The first-order chi connectivity index (χ1) is 11.3. The summed E-state index contributed by atoms with van der Waals surface area (Å²) in [6.07, 6.45) is 6.11. The third kappa shape index (κ3) is 6.94. The molecule has 0 aliphatic heterocycles. The van der Waals surface area contributed by atoms with Crippen LogP contribution in [0.2, 0.25) is 0 Å². The monoisotopic (exact) mass is 338 g/mol. The van der Waals surface area contributed by atoms with Gasteiger partial charge >= 0.3 is 6.18 Å². The summed E-state index contributed by atoms with van der Waals surface area (Å²) in [6.45, 7) is 13.5. The minimum absolute atomic E-state index is 0.0423. The van der Waals surface area contributed by atoms with Crippen LogP contribution in [0.15, 0.2) is 72.9 Å². The number of nitrogens with one attached hydrogen (secondary N) is 1. The van der Waals surface area contributed by atoms with Gasteiger partial charge in [-0.25, -0.2) is 0 Å². The van der Waals surface area contributed by atoms with E-state index >= 15 is 0 Å². The van der Waals surface area contributed by atoms with Gasteiger partial charge in [-0.1, -0.05) is 25.3 Å². The van der Waals surface area contributed by atoms with E-state index in [1.807, 2.05) is 25.3 Å². The molecule has 24 heavy (non-hydrogen) atoms. The normalized spacial score (nSPS) is 15.2.